The Labute approximate surface area is 148 Å². The van der Waals surface area contributed by atoms with Crippen molar-refractivity contribution in [1.82, 2.24) is 5.32 Å². The maximum Gasteiger partial charge on any atom is 0.316 e. The molecule has 0 radical (unpaired) electrons. The number of hydrogen-bond donors (Lipinski definition) is 1. The minimum atomic E-state index is -0.888. The summed E-state index contributed by atoms with van der Waals surface area (Å²) in [6, 6.07) is 5.08. The maximum atomic E-state index is 13.4. The Hall–Kier alpha value is -2.14. The molecule has 2 rings (SSSR count). The molecule has 1 aromatic rings. The van der Waals surface area contributed by atoms with Crippen LogP contribution in [-0.4, -0.2) is 29.8 Å². The molecule has 5 nitrogen and oxygen atoms in total. The highest BCUT2D eigenvalue weighted by atomic mass is 32.2. The van der Waals surface area contributed by atoms with E-state index in [1.54, 1.807) is 0 Å². The third-order valence-electron chi connectivity index (χ3n) is 3.90. The van der Waals surface area contributed by atoms with Gasteiger partial charge in [-0.05, 0) is 31.0 Å². The van der Waals surface area contributed by atoms with E-state index in [0.29, 0.717) is 12.8 Å². The van der Waals surface area contributed by atoms with Gasteiger partial charge >= 0.3 is 5.97 Å². The lowest BCUT2D eigenvalue weighted by molar-refractivity contribution is -0.146. The van der Waals surface area contributed by atoms with Gasteiger partial charge in [0.1, 0.15) is 17.2 Å². The Kier molecular flexibility index (Phi) is 6.76. The fourth-order valence-electron chi connectivity index (χ4n) is 2.64. The summed E-state index contributed by atoms with van der Waals surface area (Å²) in [5.41, 5.74) is -0.888. The summed E-state index contributed by atoms with van der Waals surface area (Å²) >= 11 is 0.787. The fourth-order valence-corrected chi connectivity index (χ4v) is 3.39. The Bertz CT molecular complexity index is 685. The second kappa shape index (κ2) is 8.81. The van der Waals surface area contributed by atoms with Gasteiger partial charge in [0.2, 0.25) is 0 Å². The molecule has 0 saturated heterocycles. The van der Waals surface area contributed by atoms with Crippen molar-refractivity contribution in [1.29, 1.82) is 5.26 Å². The van der Waals surface area contributed by atoms with Gasteiger partial charge in [0.25, 0.3) is 5.91 Å². The van der Waals surface area contributed by atoms with Crippen molar-refractivity contribution in [2.24, 2.45) is 0 Å². The quantitative estimate of drug-likeness (QED) is 0.617. The highest BCUT2D eigenvalue weighted by molar-refractivity contribution is 8.00. The number of rotatable bonds is 6. The summed E-state index contributed by atoms with van der Waals surface area (Å²) in [5.74, 6) is -2.76. The van der Waals surface area contributed by atoms with E-state index < -0.39 is 35.7 Å². The lowest BCUT2D eigenvalue weighted by atomic mass is 9.83. The van der Waals surface area contributed by atoms with E-state index in [-0.39, 0.29) is 10.6 Å². The van der Waals surface area contributed by atoms with Crippen LogP contribution in [0, 0.1) is 23.0 Å². The largest absolute Gasteiger partial charge is 0.455 e. The van der Waals surface area contributed by atoms with Crippen LogP contribution in [0.3, 0.4) is 0 Å². The van der Waals surface area contributed by atoms with Gasteiger partial charge in [0.15, 0.2) is 6.61 Å². The summed E-state index contributed by atoms with van der Waals surface area (Å²) in [4.78, 5) is 23.5. The number of hydrogen-bond acceptors (Lipinski definition) is 5. The SMILES string of the molecule is N#CC1(NC(=O)COC(=O)CSc2cc(F)ccc2F)CCCCC1. The molecule has 1 aromatic carbocycles. The van der Waals surface area contributed by atoms with Crippen molar-refractivity contribution in [3.63, 3.8) is 0 Å². The zero-order valence-corrected chi connectivity index (χ0v) is 14.3. The molecule has 0 heterocycles. The molecule has 0 unspecified atom stereocenters. The van der Waals surface area contributed by atoms with E-state index in [0.717, 1.165) is 49.2 Å². The lowest BCUT2D eigenvalue weighted by Crippen LogP contribution is -2.50. The van der Waals surface area contributed by atoms with E-state index in [1.807, 2.05) is 0 Å². The molecule has 1 aliphatic rings. The minimum Gasteiger partial charge on any atom is -0.455 e. The summed E-state index contributed by atoms with van der Waals surface area (Å²) in [5, 5.41) is 11.9. The van der Waals surface area contributed by atoms with Crippen molar-refractivity contribution in [3.8, 4) is 6.07 Å². The zero-order chi connectivity index (χ0) is 18.3. The van der Waals surface area contributed by atoms with Crippen LogP contribution in [0.1, 0.15) is 32.1 Å². The monoisotopic (exact) mass is 368 g/mol. The Morgan fingerprint density at radius 1 is 1.28 bits per heavy atom. The van der Waals surface area contributed by atoms with Crippen molar-refractivity contribution < 1.29 is 23.1 Å². The van der Waals surface area contributed by atoms with Crippen LogP contribution in [0.15, 0.2) is 23.1 Å². The highest BCUT2D eigenvalue weighted by Crippen LogP contribution is 2.27. The molecule has 0 atom stereocenters. The van der Waals surface area contributed by atoms with E-state index in [1.165, 1.54) is 0 Å². The Morgan fingerprint density at radius 3 is 2.68 bits per heavy atom. The second-order valence-corrected chi connectivity index (χ2v) is 6.84. The molecule has 1 saturated carbocycles. The number of ether oxygens (including phenoxy) is 1. The number of nitrogens with zero attached hydrogens (tertiary/aromatic N) is 1. The van der Waals surface area contributed by atoms with Crippen molar-refractivity contribution in [2.75, 3.05) is 12.4 Å². The fraction of sp³-hybridized carbons (Fsp3) is 0.471. The Morgan fingerprint density at radius 2 is 2.00 bits per heavy atom. The Balaban J connectivity index is 1.76. The first-order chi connectivity index (χ1) is 11.9. The van der Waals surface area contributed by atoms with Crippen molar-refractivity contribution >= 4 is 23.6 Å². The molecule has 25 heavy (non-hydrogen) atoms. The number of nitriles is 1. The molecular weight excluding hydrogens is 350 g/mol. The van der Waals surface area contributed by atoms with Crippen LogP contribution >= 0.6 is 11.8 Å². The number of carbonyl (C=O) groups excluding carboxylic acids is 2. The third-order valence-corrected chi connectivity index (χ3v) is 4.91. The van der Waals surface area contributed by atoms with Gasteiger partial charge in [0, 0.05) is 4.90 Å². The third kappa shape index (κ3) is 5.71. The molecule has 0 bridgehead atoms. The van der Waals surface area contributed by atoms with Crippen molar-refractivity contribution in [3.05, 3.63) is 29.8 Å². The van der Waals surface area contributed by atoms with Gasteiger partial charge < -0.3 is 10.1 Å². The summed E-state index contributed by atoms with van der Waals surface area (Å²) in [7, 11) is 0. The topological polar surface area (TPSA) is 79.2 Å². The number of amides is 1. The van der Waals surface area contributed by atoms with Crippen molar-refractivity contribution in [2.45, 2.75) is 42.5 Å². The lowest BCUT2D eigenvalue weighted by Gasteiger charge is -2.31. The summed E-state index contributed by atoms with van der Waals surface area (Å²) in [6.07, 6.45) is 3.92. The second-order valence-electron chi connectivity index (χ2n) is 5.83. The van der Waals surface area contributed by atoms with Crippen LogP contribution < -0.4 is 5.32 Å². The molecule has 0 aromatic heterocycles. The highest BCUT2D eigenvalue weighted by Gasteiger charge is 2.33. The number of thioether (sulfide) groups is 1. The van der Waals surface area contributed by atoms with Gasteiger partial charge in [-0.15, -0.1) is 11.8 Å². The van der Waals surface area contributed by atoms with Crippen LogP contribution in [0.25, 0.3) is 0 Å². The molecule has 8 heteroatoms. The van der Waals surface area contributed by atoms with Gasteiger partial charge in [0.05, 0.1) is 11.8 Å². The van der Waals surface area contributed by atoms with Crippen LogP contribution in [0.5, 0.6) is 0 Å². The van der Waals surface area contributed by atoms with Crippen LogP contribution in [0.2, 0.25) is 0 Å². The molecule has 0 aliphatic heterocycles. The zero-order valence-electron chi connectivity index (χ0n) is 13.5. The van der Waals surface area contributed by atoms with Gasteiger partial charge in [-0.1, -0.05) is 19.3 Å². The molecule has 1 aliphatic carbocycles. The van der Waals surface area contributed by atoms with Gasteiger partial charge in [-0.2, -0.15) is 5.26 Å². The van der Waals surface area contributed by atoms with E-state index >= 15 is 0 Å². The summed E-state index contributed by atoms with van der Waals surface area (Å²) in [6.45, 7) is -0.505. The molecule has 1 fully saturated rings. The van der Waals surface area contributed by atoms with E-state index in [4.69, 9.17) is 4.74 Å². The van der Waals surface area contributed by atoms with E-state index in [9.17, 15) is 23.6 Å². The first kappa shape index (κ1) is 19.2. The number of esters is 1. The maximum absolute atomic E-state index is 13.4. The molecule has 1 amide bonds. The molecule has 1 N–H and O–H groups in total. The average molecular weight is 368 g/mol. The number of halogens is 2. The van der Waals surface area contributed by atoms with E-state index in [2.05, 4.69) is 11.4 Å². The first-order valence-electron chi connectivity index (χ1n) is 7.90. The summed E-state index contributed by atoms with van der Waals surface area (Å²) < 4.78 is 31.3. The smallest absolute Gasteiger partial charge is 0.316 e. The standard InChI is InChI=1S/C17H18F2N2O3S/c18-12-4-5-13(19)14(8-12)25-10-16(23)24-9-15(22)21-17(11-20)6-2-1-3-7-17/h4-5,8H,1-3,6-7,9-10H2,(H,21,22). The van der Waals surface area contributed by atoms with Crippen LogP contribution in [-0.2, 0) is 14.3 Å². The predicted molar refractivity (Wildman–Crippen MR) is 87.6 cm³/mol. The van der Waals surface area contributed by atoms with Crippen LogP contribution in [0.4, 0.5) is 8.78 Å². The molecule has 0 spiro atoms. The predicted octanol–water partition coefficient (Wildman–Crippen LogP) is 2.94. The number of nitrogens with one attached hydrogen (secondary N) is 1. The first-order valence-corrected chi connectivity index (χ1v) is 8.88. The average Bonchev–Trinajstić information content (AvgIpc) is 2.61. The number of benzene rings is 1. The normalized spacial score (nSPS) is 15.9. The number of carbonyl (C=O) groups is 2. The molecular formula is C17H18F2N2O3S. The van der Waals surface area contributed by atoms with Gasteiger partial charge in [-0.3, -0.25) is 9.59 Å². The molecule has 134 valence electrons. The van der Waals surface area contributed by atoms with Gasteiger partial charge in [-0.25, -0.2) is 8.78 Å². The minimum absolute atomic E-state index is 0.00737.